The summed E-state index contributed by atoms with van der Waals surface area (Å²) in [5, 5.41) is 0. The summed E-state index contributed by atoms with van der Waals surface area (Å²) in [6, 6.07) is 8.52. The van der Waals surface area contributed by atoms with Crippen molar-refractivity contribution in [3.63, 3.8) is 0 Å². The normalized spacial score (nSPS) is 17.5. The van der Waals surface area contributed by atoms with Crippen LogP contribution in [0, 0.1) is 16.4 Å². The zero-order valence-corrected chi connectivity index (χ0v) is 17.0. The molecule has 2 aromatic carbocycles. The Labute approximate surface area is 181 Å². The Morgan fingerprint density at radius 2 is 1.84 bits per heavy atom. The maximum absolute atomic E-state index is 14.0. The molecule has 5 rings (SSSR count). The number of carbonyl (C=O) groups is 2. The molecular formula is C22H17F2N3O3S. The zero-order chi connectivity index (χ0) is 21.7. The second-order valence-corrected chi connectivity index (χ2v) is 7.94. The topological polar surface area (TPSA) is 67.3 Å². The van der Waals surface area contributed by atoms with E-state index in [0.29, 0.717) is 34.3 Å². The molecule has 3 aromatic rings. The molecule has 0 bridgehead atoms. The van der Waals surface area contributed by atoms with Crippen LogP contribution >= 0.6 is 12.2 Å². The van der Waals surface area contributed by atoms with Crippen molar-refractivity contribution in [2.45, 2.75) is 18.9 Å². The highest BCUT2D eigenvalue weighted by Crippen LogP contribution is 2.33. The Kier molecular flexibility index (Phi) is 4.70. The molecule has 31 heavy (non-hydrogen) atoms. The van der Waals surface area contributed by atoms with Gasteiger partial charge in [0, 0.05) is 42.9 Å². The van der Waals surface area contributed by atoms with E-state index in [1.165, 1.54) is 11.0 Å². The molecule has 9 heteroatoms. The van der Waals surface area contributed by atoms with Gasteiger partial charge in [0.1, 0.15) is 12.4 Å². The number of carbonyl (C=O) groups excluding carboxylic acids is 2. The third-order valence-electron chi connectivity index (χ3n) is 5.69. The Bertz CT molecular complexity index is 1250. The number of H-pyrrole nitrogens is 1. The highest BCUT2D eigenvalue weighted by atomic mass is 32.1. The van der Waals surface area contributed by atoms with Gasteiger partial charge in [-0.25, -0.2) is 8.78 Å². The number of halogens is 2. The van der Waals surface area contributed by atoms with E-state index in [1.54, 1.807) is 30.5 Å². The number of hydrogen-bond donors (Lipinski definition) is 1. The van der Waals surface area contributed by atoms with Gasteiger partial charge in [-0.3, -0.25) is 14.5 Å². The standard InChI is InChI=1S/C22H17F2N3O3S/c23-13-7-12-8-15(11-30-19(12)18(24)9-13)27-14(10-25-22(27)31)5-6-26-20(28)16-3-1-2-4-17(16)21(26)29/h1-4,7,9-10,15H,5-6,8,11H2,(H,25,31). The molecule has 2 aliphatic rings. The Balaban J connectivity index is 1.37. The molecule has 0 aliphatic carbocycles. The van der Waals surface area contributed by atoms with E-state index in [1.807, 2.05) is 4.57 Å². The summed E-state index contributed by atoms with van der Waals surface area (Å²) >= 11 is 5.41. The van der Waals surface area contributed by atoms with Gasteiger partial charge in [0.05, 0.1) is 17.2 Å². The number of hydrogen-bond acceptors (Lipinski definition) is 4. The number of nitrogens with zero attached hydrogens (tertiary/aromatic N) is 2. The van der Waals surface area contributed by atoms with Gasteiger partial charge in [0.2, 0.25) is 0 Å². The van der Waals surface area contributed by atoms with Crippen molar-refractivity contribution < 1.29 is 23.1 Å². The van der Waals surface area contributed by atoms with Gasteiger partial charge in [-0.05, 0) is 30.4 Å². The first-order valence-electron chi connectivity index (χ1n) is 9.78. The number of aromatic nitrogens is 2. The van der Waals surface area contributed by atoms with E-state index in [-0.39, 0.29) is 36.8 Å². The van der Waals surface area contributed by atoms with Crippen LogP contribution in [-0.4, -0.2) is 39.4 Å². The Hall–Kier alpha value is -3.33. The molecule has 0 saturated carbocycles. The third kappa shape index (κ3) is 3.25. The highest BCUT2D eigenvalue weighted by molar-refractivity contribution is 7.71. The lowest BCUT2D eigenvalue weighted by atomic mass is 10.0. The maximum atomic E-state index is 14.0. The van der Waals surface area contributed by atoms with Gasteiger partial charge in [0.25, 0.3) is 11.8 Å². The summed E-state index contributed by atoms with van der Waals surface area (Å²) in [5.74, 6) is -1.96. The molecule has 0 fully saturated rings. The van der Waals surface area contributed by atoms with Crippen molar-refractivity contribution >= 4 is 24.0 Å². The quantitative estimate of drug-likeness (QED) is 0.494. The number of imidazole rings is 1. The highest BCUT2D eigenvalue weighted by Gasteiger charge is 2.35. The largest absolute Gasteiger partial charge is 0.488 e. The molecule has 1 atom stereocenters. The molecule has 1 aromatic heterocycles. The minimum atomic E-state index is -0.725. The van der Waals surface area contributed by atoms with E-state index in [0.717, 1.165) is 11.8 Å². The maximum Gasteiger partial charge on any atom is 0.261 e. The average molecular weight is 441 g/mol. The second-order valence-electron chi connectivity index (χ2n) is 7.56. The smallest absolute Gasteiger partial charge is 0.261 e. The van der Waals surface area contributed by atoms with Crippen LogP contribution in [0.3, 0.4) is 0 Å². The summed E-state index contributed by atoms with van der Waals surface area (Å²) < 4.78 is 35.5. The number of fused-ring (bicyclic) bond motifs is 2. The summed E-state index contributed by atoms with van der Waals surface area (Å²) in [4.78, 5) is 29.4. The fourth-order valence-corrected chi connectivity index (χ4v) is 4.59. The van der Waals surface area contributed by atoms with Crippen molar-refractivity contribution in [3.8, 4) is 5.75 Å². The molecule has 2 amide bonds. The summed E-state index contributed by atoms with van der Waals surface area (Å²) in [6.45, 7) is 0.355. The van der Waals surface area contributed by atoms with E-state index < -0.39 is 11.6 Å². The molecule has 158 valence electrons. The van der Waals surface area contributed by atoms with Gasteiger partial charge >= 0.3 is 0 Å². The van der Waals surface area contributed by atoms with Crippen molar-refractivity contribution in [3.05, 3.63) is 81.4 Å². The minimum Gasteiger partial charge on any atom is -0.488 e. The van der Waals surface area contributed by atoms with Crippen LogP contribution in [0.5, 0.6) is 5.75 Å². The molecular weight excluding hydrogens is 424 g/mol. The van der Waals surface area contributed by atoms with E-state index in [4.69, 9.17) is 17.0 Å². The second kappa shape index (κ2) is 7.42. The van der Waals surface area contributed by atoms with Crippen molar-refractivity contribution in [2.24, 2.45) is 0 Å². The lowest BCUT2D eigenvalue weighted by Gasteiger charge is -2.28. The van der Waals surface area contributed by atoms with Crippen LogP contribution < -0.4 is 4.74 Å². The van der Waals surface area contributed by atoms with Crippen LogP contribution in [0.4, 0.5) is 8.78 Å². The number of imide groups is 1. The lowest BCUT2D eigenvalue weighted by molar-refractivity contribution is 0.0655. The first-order valence-corrected chi connectivity index (χ1v) is 10.2. The van der Waals surface area contributed by atoms with Gasteiger partial charge < -0.3 is 14.3 Å². The molecule has 3 heterocycles. The lowest BCUT2D eigenvalue weighted by Crippen LogP contribution is -2.33. The van der Waals surface area contributed by atoms with Crippen LogP contribution in [0.25, 0.3) is 0 Å². The summed E-state index contributed by atoms with van der Waals surface area (Å²) in [5.41, 5.74) is 2.01. The number of ether oxygens (including phenoxy) is 1. The molecule has 1 unspecified atom stereocenters. The number of benzene rings is 2. The predicted octanol–water partition coefficient (Wildman–Crippen LogP) is 3.84. The van der Waals surface area contributed by atoms with Crippen LogP contribution in [0.15, 0.2) is 42.6 Å². The van der Waals surface area contributed by atoms with Gasteiger partial charge in [-0.1, -0.05) is 12.1 Å². The number of aromatic amines is 1. The van der Waals surface area contributed by atoms with E-state index in [2.05, 4.69) is 4.98 Å². The van der Waals surface area contributed by atoms with Gasteiger partial charge in [0.15, 0.2) is 16.3 Å². The van der Waals surface area contributed by atoms with Crippen LogP contribution in [0.1, 0.15) is 38.0 Å². The van der Waals surface area contributed by atoms with E-state index >= 15 is 0 Å². The number of rotatable bonds is 4. The summed E-state index contributed by atoms with van der Waals surface area (Å²) in [7, 11) is 0. The fraction of sp³-hybridized carbons (Fsp3) is 0.227. The van der Waals surface area contributed by atoms with Crippen LogP contribution in [0.2, 0.25) is 0 Å². The molecule has 2 aliphatic heterocycles. The van der Waals surface area contributed by atoms with Crippen LogP contribution in [-0.2, 0) is 12.8 Å². The molecule has 0 saturated heterocycles. The van der Waals surface area contributed by atoms with Gasteiger partial charge in [-0.15, -0.1) is 0 Å². The van der Waals surface area contributed by atoms with Crippen molar-refractivity contribution in [1.29, 1.82) is 0 Å². The molecule has 0 radical (unpaired) electrons. The number of nitrogens with one attached hydrogen (secondary N) is 1. The molecule has 1 N–H and O–H groups in total. The predicted molar refractivity (Wildman–Crippen MR) is 110 cm³/mol. The first kappa shape index (κ1) is 19.6. The Morgan fingerprint density at radius 1 is 1.13 bits per heavy atom. The minimum absolute atomic E-state index is 0.0623. The molecule has 6 nitrogen and oxygen atoms in total. The SMILES string of the molecule is O=C1c2ccccc2C(=O)N1CCc1c[nH]c(=S)n1C1COc2c(F)cc(F)cc2C1. The van der Waals surface area contributed by atoms with Crippen molar-refractivity contribution in [1.82, 2.24) is 14.5 Å². The van der Waals surface area contributed by atoms with E-state index in [9.17, 15) is 18.4 Å². The Morgan fingerprint density at radius 3 is 2.55 bits per heavy atom. The average Bonchev–Trinajstić information content (AvgIpc) is 3.23. The zero-order valence-electron chi connectivity index (χ0n) is 16.2. The third-order valence-corrected chi connectivity index (χ3v) is 6.00. The fourth-order valence-electron chi connectivity index (χ4n) is 4.26. The van der Waals surface area contributed by atoms with Gasteiger partial charge in [-0.2, -0.15) is 0 Å². The first-order chi connectivity index (χ1) is 14.9. The summed E-state index contributed by atoms with van der Waals surface area (Å²) in [6.07, 6.45) is 2.44. The number of amides is 2. The monoisotopic (exact) mass is 441 g/mol. The molecule has 0 spiro atoms. The van der Waals surface area contributed by atoms with Crippen molar-refractivity contribution in [2.75, 3.05) is 13.2 Å².